The van der Waals surface area contributed by atoms with E-state index in [9.17, 15) is 4.79 Å². The second-order valence-corrected chi connectivity index (χ2v) is 5.27. The molecule has 0 bridgehead atoms. The lowest BCUT2D eigenvalue weighted by atomic mass is 10.1. The van der Waals surface area contributed by atoms with Crippen LogP contribution in [-0.4, -0.2) is 58.6 Å². The van der Waals surface area contributed by atoms with E-state index in [-0.39, 0.29) is 43.3 Å². The molecule has 0 radical (unpaired) electrons. The maximum atomic E-state index is 12.1. The van der Waals surface area contributed by atoms with Crippen LogP contribution < -0.4 is 15.5 Å². The molecule has 1 unspecified atom stereocenters. The number of carbonyl (C=O) groups excluding carboxylic acids is 1. The van der Waals surface area contributed by atoms with Gasteiger partial charge in [-0.2, -0.15) is 0 Å². The molecule has 8 nitrogen and oxygen atoms in total. The number of nitrogens with one attached hydrogen (secondary N) is 3. The first kappa shape index (κ1) is 19.4. The van der Waals surface area contributed by atoms with E-state index in [1.807, 2.05) is 7.05 Å². The number of amides is 1. The van der Waals surface area contributed by atoms with Crippen molar-refractivity contribution in [1.29, 1.82) is 0 Å². The van der Waals surface area contributed by atoms with Gasteiger partial charge in [0, 0.05) is 19.6 Å². The number of nitrogens with zero attached hydrogens (tertiary/aromatic N) is 4. The van der Waals surface area contributed by atoms with Crippen LogP contribution in [-0.2, 0) is 4.79 Å². The minimum Gasteiger partial charge on any atom is -0.351 e. The lowest BCUT2D eigenvalue weighted by Gasteiger charge is -2.25. The molecule has 0 aliphatic carbocycles. The van der Waals surface area contributed by atoms with Gasteiger partial charge in [-0.25, -0.2) is 15.0 Å². The largest absolute Gasteiger partial charge is 0.351 e. The second kappa shape index (κ2) is 8.85. The van der Waals surface area contributed by atoms with Crippen LogP contribution in [0.4, 0.5) is 5.82 Å². The summed E-state index contributed by atoms with van der Waals surface area (Å²) in [4.78, 5) is 29.3. The third-order valence-electron chi connectivity index (χ3n) is 3.61. The first-order chi connectivity index (χ1) is 10.2. The van der Waals surface area contributed by atoms with Crippen molar-refractivity contribution in [2.24, 2.45) is 0 Å². The molecule has 128 valence electrons. The number of rotatable bonds is 4. The Hall–Kier alpha value is -1.64. The van der Waals surface area contributed by atoms with E-state index < -0.39 is 0 Å². The first-order valence-corrected chi connectivity index (χ1v) is 7.09. The molecule has 0 aromatic carbocycles. The molecule has 10 heteroatoms. The van der Waals surface area contributed by atoms with Gasteiger partial charge >= 0.3 is 0 Å². The van der Waals surface area contributed by atoms with E-state index in [1.54, 1.807) is 11.2 Å². The fourth-order valence-electron chi connectivity index (χ4n) is 2.58. The number of halogens is 2. The molecule has 3 rings (SSSR count). The number of hydrogen-bond acceptors (Lipinski definition) is 6. The first-order valence-electron chi connectivity index (χ1n) is 7.09. The lowest BCUT2D eigenvalue weighted by molar-refractivity contribution is -0.120. The van der Waals surface area contributed by atoms with Crippen LogP contribution in [0.15, 0.2) is 12.7 Å². The molecule has 0 spiro atoms. The number of likely N-dealkylation sites (N-methyl/N-ethyl adjacent to an activating group) is 1. The van der Waals surface area contributed by atoms with Gasteiger partial charge in [-0.05, 0) is 19.4 Å². The summed E-state index contributed by atoms with van der Waals surface area (Å²) >= 11 is 0. The van der Waals surface area contributed by atoms with Crippen molar-refractivity contribution in [3.05, 3.63) is 12.7 Å². The number of fused-ring (bicyclic) bond motifs is 1. The van der Waals surface area contributed by atoms with Gasteiger partial charge in [0.1, 0.15) is 11.8 Å². The molecule has 1 fully saturated rings. The van der Waals surface area contributed by atoms with Gasteiger partial charge in [0.15, 0.2) is 11.5 Å². The number of aromatic amines is 1. The van der Waals surface area contributed by atoms with Crippen LogP contribution in [0.2, 0.25) is 0 Å². The minimum absolute atomic E-state index is 0. The molecule has 1 amide bonds. The summed E-state index contributed by atoms with van der Waals surface area (Å²) in [5, 5.41) is 6.33. The van der Waals surface area contributed by atoms with E-state index in [4.69, 9.17) is 0 Å². The van der Waals surface area contributed by atoms with Crippen molar-refractivity contribution in [1.82, 2.24) is 30.6 Å². The van der Waals surface area contributed by atoms with Crippen molar-refractivity contribution in [3.8, 4) is 0 Å². The summed E-state index contributed by atoms with van der Waals surface area (Å²) in [7, 11) is 1.83. The van der Waals surface area contributed by atoms with Crippen molar-refractivity contribution in [2.45, 2.75) is 18.9 Å². The molecular formula is C13H21Cl2N7O. The Morgan fingerprint density at radius 2 is 2.22 bits per heavy atom. The predicted molar refractivity (Wildman–Crippen MR) is 93.5 cm³/mol. The molecule has 3 N–H and O–H groups in total. The molecule has 2 aromatic heterocycles. The summed E-state index contributed by atoms with van der Waals surface area (Å²) < 4.78 is 0. The van der Waals surface area contributed by atoms with Gasteiger partial charge in [-0.15, -0.1) is 24.8 Å². The minimum atomic E-state index is -0.00234. The average Bonchev–Trinajstić information content (AvgIpc) is 2.96. The summed E-state index contributed by atoms with van der Waals surface area (Å²) in [5.41, 5.74) is 1.34. The van der Waals surface area contributed by atoms with Crippen LogP contribution in [0.3, 0.4) is 0 Å². The number of aromatic nitrogens is 4. The van der Waals surface area contributed by atoms with Crippen LogP contribution >= 0.6 is 24.8 Å². The maximum absolute atomic E-state index is 12.1. The standard InChI is InChI=1S/C13H19N7O.2ClH/c1-20(6-10(21)19-9-3-2-4-14-5-9)13-11-12(16-7-15-11)17-8-18-13;;/h7-9,14H,2-6H2,1H3,(H,19,21)(H,15,16,17,18);2*1H. The summed E-state index contributed by atoms with van der Waals surface area (Å²) in [5.74, 6) is 0.673. The van der Waals surface area contributed by atoms with Gasteiger partial charge in [-0.1, -0.05) is 0 Å². The fraction of sp³-hybridized carbons (Fsp3) is 0.538. The summed E-state index contributed by atoms with van der Waals surface area (Å²) in [6.45, 7) is 2.13. The Bertz CT molecular complexity index is 630. The highest BCUT2D eigenvalue weighted by atomic mass is 35.5. The molecule has 1 atom stereocenters. The molecule has 2 aromatic rings. The van der Waals surface area contributed by atoms with Crippen molar-refractivity contribution < 1.29 is 4.79 Å². The topological polar surface area (TPSA) is 98.8 Å². The van der Waals surface area contributed by atoms with E-state index >= 15 is 0 Å². The SMILES string of the molecule is CN(CC(=O)NC1CCCNC1)c1ncnc2nc[nH]c12.Cl.Cl. The number of H-pyrrole nitrogens is 1. The Morgan fingerprint density at radius 3 is 2.96 bits per heavy atom. The third-order valence-corrected chi connectivity index (χ3v) is 3.61. The highest BCUT2D eigenvalue weighted by Gasteiger charge is 2.18. The van der Waals surface area contributed by atoms with Gasteiger partial charge in [-0.3, -0.25) is 4.79 Å². The highest BCUT2D eigenvalue weighted by Crippen LogP contribution is 2.17. The lowest BCUT2D eigenvalue weighted by Crippen LogP contribution is -2.48. The number of hydrogen-bond donors (Lipinski definition) is 3. The van der Waals surface area contributed by atoms with E-state index in [1.165, 1.54) is 6.33 Å². The van der Waals surface area contributed by atoms with Gasteiger partial charge < -0.3 is 20.5 Å². The molecule has 1 aliphatic heterocycles. The molecule has 23 heavy (non-hydrogen) atoms. The van der Waals surface area contributed by atoms with Gasteiger partial charge in [0.05, 0.1) is 12.9 Å². The Morgan fingerprint density at radius 1 is 1.39 bits per heavy atom. The van der Waals surface area contributed by atoms with Crippen molar-refractivity contribution in [2.75, 3.05) is 31.6 Å². The number of imidazole rings is 1. The van der Waals surface area contributed by atoms with Crippen LogP contribution in [0.25, 0.3) is 11.2 Å². The third kappa shape index (κ3) is 4.66. The van der Waals surface area contributed by atoms with Crippen molar-refractivity contribution in [3.63, 3.8) is 0 Å². The Kier molecular flexibility index (Phi) is 7.47. The maximum Gasteiger partial charge on any atom is 0.239 e. The molecule has 1 saturated heterocycles. The Balaban J connectivity index is 0.00000132. The zero-order valence-electron chi connectivity index (χ0n) is 12.8. The van der Waals surface area contributed by atoms with E-state index in [0.29, 0.717) is 11.5 Å². The van der Waals surface area contributed by atoms with Gasteiger partial charge in [0.25, 0.3) is 0 Å². The van der Waals surface area contributed by atoms with E-state index in [2.05, 4.69) is 30.6 Å². The van der Waals surface area contributed by atoms with E-state index in [0.717, 1.165) is 31.4 Å². The fourth-order valence-corrected chi connectivity index (χ4v) is 2.58. The Labute approximate surface area is 146 Å². The van der Waals surface area contributed by atoms with Gasteiger partial charge in [0.2, 0.25) is 5.91 Å². The molecule has 1 aliphatic rings. The zero-order chi connectivity index (χ0) is 14.7. The molecule has 0 saturated carbocycles. The summed E-state index contributed by atoms with van der Waals surface area (Å²) in [6.07, 6.45) is 5.16. The second-order valence-electron chi connectivity index (χ2n) is 5.27. The molecule has 3 heterocycles. The zero-order valence-corrected chi connectivity index (χ0v) is 14.4. The smallest absolute Gasteiger partial charge is 0.239 e. The van der Waals surface area contributed by atoms with Crippen LogP contribution in [0, 0.1) is 0 Å². The number of carbonyl (C=O) groups is 1. The number of piperidine rings is 1. The number of anilines is 1. The normalized spacial score (nSPS) is 17.0. The monoisotopic (exact) mass is 361 g/mol. The highest BCUT2D eigenvalue weighted by molar-refractivity contribution is 5.87. The summed E-state index contributed by atoms with van der Waals surface area (Å²) in [6, 6.07) is 0.220. The van der Waals surface area contributed by atoms with Crippen LogP contribution in [0.5, 0.6) is 0 Å². The molecular weight excluding hydrogens is 341 g/mol. The van der Waals surface area contributed by atoms with Crippen LogP contribution in [0.1, 0.15) is 12.8 Å². The predicted octanol–water partition coefficient (Wildman–Crippen LogP) is 0.501. The van der Waals surface area contributed by atoms with Crippen molar-refractivity contribution >= 4 is 47.7 Å². The average molecular weight is 362 g/mol. The quantitative estimate of drug-likeness (QED) is 0.733.